The Morgan fingerprint density at radius 1 is 1.33 bits per heavy atom. The lowest BCUT2D eigenvalue weighted by Crippen LogP contribution is -2.50. The fraction of sp³-hybridized carbons (Fsp3) is 0.684. The molecule has 1 aromatic rings. The van der Waals surface area contributed by atoms with E-state index in [2.05, 4.69) is 16.4 Å². The van der Waals surface area contributed by atoms with Crippen molar-refractivity contribution in [1.29, 1.82) is 0 Å². The van der Waals surface area contributed by atoms with Crippen molar-refractivity contribution in [2.75, 3.05) is 13.1 Å². The molecule has 24 heavy (non-hydrogen) atoms. The summed E-state index contributed by atoms with van der Waals surface area (Å²) in [6, 6.07) is 4.82. The van der Waals surface area contributed by atoms with Crippen molar-refractivity contribution >= 4 is 6.09 Å². The van der Waals surface area contributed by atoms with E-state index in [4.69, 9.17) is 4.74 Å². The number of rotatable bonds is 2. The third-order valence-electron chi connectivity index (χ3n) is 4.71. The number of carbonyl (C=O) groups is 1. The lowest BCUT2D eigenvalue weighted by atomic mass is 9.91. The Morgan fingerprint density at radius 3 is 2.96 bits per heavy atom. The predicted molar refractivity (Wildman–Crippen MR) is 93.9 cm³/mol. The average molecular weight is 331 g/mol. The molecule has 0 bridgehead atoms. The van der Waals surface area contributed by atoms with Gasteiger partial charge < -0.3 is 15.0 Å². The first-order chi connectivity index (χ1) is 11.4. The normalized spacial score (nSPS) is 24.4. The minimum Gasteiger partial charge on any atom is -0.444 e. The summed E-state index contributed by atoms with van der Waals surface area (Å²) < 4.78 is 5.52. The van der Waals surface area contributed by atoms with E-state index in [1.165, 1.54) is 17.7 Å². The van der Waals surface area contributed by atoms with Crippen molar-refractivity contribution in [2.45, 2.75) is 70.6 Å². The number of pyridine rings is 1. The lowest BCUT2D eigenvalue weighted by Gasteiger charge is -2.37. The number of aromatic nitrogens is 1. The number of carbonyl (C=O) groups excluding carboxylic acids is 1. The van der Waals surface area contributed by atoms with E-state index in [1.807, 2.05) is 37.9 Å². The molecule has 1 aliphatic heterocycles. The standard InChI is InChI=1S/C19H29N3O2/c1-19(2,3)24-18(23)22-12-6-9-15(13-22)21-16-10-4-7-14-8-5-11-20-17(14)16/h5,8,11,15-16,21H,4,6-7,9-10,12-13H2,1-3H3. The van der Waals surface area contributed by atoms with Crippen LogP contribution >= 0.6 is 0 Å². The van der Waals surface area contributed by atoms with Crippen molar-refractivity contribution in [3.05, 3.63) is 29.6 Å². The summed E-state index contributed by atoms with van der Waals surface area (Å²) in [5.74, 6) is 0. The molecule has 132 valence electrons. The highest BCUT2D eigenvalue weighted by molar-refractivity contribution is 5.68. The number of nitrogens with zero attached hydrogens (tertiary/aromatic N) is 2. The lowest BCUT2D eigenvalue weighted by molar-refractivity contribution is 0.0182. The molecule has 3 rings (SSSR count). The van der Waals surface area contributed by atoms with Gasteiger partial charge >= 0.3 is 6.09 Å². The largest absolute Gasteiger partial charge is 0.444 e. The fourth-order valence-electron chi connectivity index (χ4n) is 3.66. The number of ether oxygens (including phenoxy) is 1. The molecule has 0 radical (unpaired) electrons. The molecule has 1 N–H and O–H groups in total. The van der Waals surface area contributed by atoms with E-state index < -0.39 is 5.60 Å². The third kappa shape index (κ3) is 4.26. The Kier molecular flexibility index (Phi) is 5.09. The molecule has 0 spiro atoms. The molecule has 2 unspecified atom stereocenters. The second kappa shape index (κ2) is 7.09. The first kappa shape index (κ1) is 17.2. The molecule has 5 nitrogen and oxygen atoms in total. The summed E-state index contributed by atoms with van der Waals surface area (Å²) >= 11 is 0. The van der Waals surface area contributed by atoms with Crippen LogP contribution in [-0.2, 0) is 11.2 Å². The van der Waals surface area contributed by atoms with E-state index in [9.17, 15) is 4.79 Å². The Balaban J connectivity index is 1.61. The molecule has 1 aromatic heterocycles. The van der Waals surface area contributed by atoms with Gasteiger partial charge in [-0.05, 0) is 64.5 Å². The molecule has 2 aliphatic rings. The van der Waals surface area contributed by atoms with Crippen molar-refractivity contribution in [3.63, 3.8) is 0 Å². The van der Waals surface area contributed by atoms with Gasteiger partial charge in [0.2, 0.25) is 0 Å². The Hall–Kier alpha value is -1.62. The first-order valence-corrected chi connectivity index (χ1v) is 9.10. The number of hydrogen-bond acceptors (Lipinski definition) is 4. The van der Waals surface area contributed by atoms with E-state index in [1.54, 1.807) is 0 Å². The zero-order valence-corrected chi connectivity index (χ0v) is 15.0. The molecule has 1 amide bonds. The highest BCUT2D eigenvalue weighted by Crippen LogP contribution is 2.29. The molecule has 2 atom stereocenters. The molecule has 5 heteroatoms. The maximum Gasteiger partial charge on any atom is 0.410 e. The smallest absolute Gasteiger partial charge is 0.410 e. The van der Waals surface area contributed by atoms with Gasteiger partial charge in [0.25, 0.3) is 0 Å². The average Bonchev–Trinajstić information content (AvgIpc) is 2.54. The molecular weight excluding hydrogens is 302 g/mol. The number of hydrogen-bond donors (Lipinski definition) is 1. The molecular formula is C19H29N3O2. The van der Waals surface area contributed by atoms with Crippen LogP contribution in [0.1, 0.15) is 63.8 Å². The first-order valence-electron chi connectivity index (χ1n) is 9.10. The SMILES string of the molecule is CC(C)(C)OC(=O)N1CCCC(NC2CCCc3cccnc32)C1. The fourth-order valence-corrected chi connectivity index (χ4v) is 3.66. The van der Waals surface area contributed by atoms with E-state index >= 15 is 0 Å². The number of aryl methyl sites for hydroxylation is 1. The quantitative estimate of drug-likeness (QED) is 0.902. The number of amides is 1. The van der Waals surface area contributed by atoms with Crippen LogP contribution in [0.2, 0.25) is 0 Å². The summed E-state index contributed by atoms with van der Waals surface area (Å²) in [6.45, 7) is 7.24. The number of piperidine rings is 1. The summed E-state index contributed by atoms with van der Waals surface area (Å²) in [5, 5.41) is 3.75. The van der Waals surface area contributed by atoms with Gasteiger partial charge in [-0.25, -0.2) is 4.79 Å². The van der Waals surface area contributed by atoms with Gasteiger partial charge in [-0.1, -0.05) is 6.07 Å². The van der Waals surface area contributed by atoms with Crippen molar-refractivity contribution in [3.8, 4) is 0 Å². The molecule has 1 aliphatic carbocycles. The van der Waals surface area contributed by atoms with Crippen molar-refractivity contribution < 1.29 is 9.53 Å². The second-order valence-corrected chi connectivity index (χ2v) is 7.92. The van der Waals surface area contributed by atoms with Gasteiger partial charge in [0.1, 0.15) is 5.60 Å². The van der Waals surface area contributed by atoms with Gasteiger partial charge in [-0.2, -0.15) is 0 Å². The third-order valence-corrected chi connectivity index (χ3v) is 4.71. The van der Waals surface area contributed by atoms with E-state index in [-0.39, 0.29) is 6.09 Å². The monoisotopic (exact) mass is 331 g/mol. The number of nitrogens with one attached hydrogen (secondary N) is 1. The minimum atomic E-state index is -0.441. The van der Waals surface area contributed by atoms with Crippen LogP contribution in [0, 0.1) is 0 Å². The summed E-state index contributed by atoms with van der Waals surface area (Å²) in [4.78, 5) is 18.8. The number of fused-ring (bicyclic) bond motifs is 1. The van der Waals surface area contributed by atoms with Crippen LogP contribution in [0.5, 0.6) is 0 Å². The highest BCUT2D eigenvalue weighted by Gasteiger charge is 2.30. The molecule has 1 fully saturated rings. The van der Waals surface area contributed by atoms with Crippen LogP contribution < -0.4 is 5.32 Å². The Morgan fingerprint density at radius 2 is 2.17 bits per heavy atom. The molecule has 0 aromatic carbocycles. The van der Waals surface area contributed by atoms with Crippen molar-refractivity contribution in [2.24, 2.45) is 0 Å². The Labute approximate surface area is 144 Å². The summed E-state index contributed by atoms with van der Waals surface area (Å²) in [6.07, 6.45) is 7.22. The predicted octanol–water partition coefficient (Wildman–Crippen LogP) is 3.45. The Bertz CT molecular complexity index is 582. The molecule has 1 saturated heterocycles. The van der Waals surface area contributed by atoms with Gasteiger partial charge in [0, 0.05) is 25.3 Å². The van der Waals surface area contributed by atoms with E-state index in [0.29, 0.717) is 18.6 Å². The number of likely N-dealkylation sites (tertiary alicyclic amines) is 1. The maximum absolute atomic E-state index is 12.3. The maximum atomic E-state index is 12.3. The van der Waals surface area contributed by atoms with Gasteiger partial charge in [-0.3, -0.25) is 4.98 Å². The van der Waals surface area contributed by atoms with Crippen LogP contribution in [-0.4, -0.2) is 40.7 Å². The minimum absolute atomic E-state index is 0.198. The molecule has 2 heterocycles. The van der Waals surface area contributed by atoms with Crippen LogP contribution in [0.4, 0.5) is 4.79 Å². The van der Waals surface area contributed by atoms with E-state index in [0.717, 1.165) is 32.2 Å². The van der Waals surface area contributed by atoms with Crippen LogP contribution in [0.15, 0.2) is 18.3 Å². The topological polar surface area (TPSA) is 54.5 Å². The zero-order chi connectivity index (χ0) is 17.2. The van der Waals surface area contributed by atoms with Crippen molar-refractivity contribution in [1.82, 2.24) is 15.2 Å². The molecule has 0 saturated carbocycles. The summed E-state index contributed by atoms with van der Waals surface area (Å²) in [7, 11) is 0. The summed E-state index contributed by atoms with van der Waals surface area (Å²) in [5.41, 5.74) is 2.11. The van der Waals surface area contributed by atoms with Crippen LogP contribution in [0.3, 0.4) is 0 Å². The van der Waals surface area contributed by atoms with Gasteiger partial charge in [0.15, 0.2) is 0 Å². The van der Waals surface area contributed by atoms with Gasteiger partial charge in [0.05, 0.1) is 11.7 Å². The van der Waals surface area contributed by atoms with Gasteiger partial charge in [-0.15, -0.1) is 0 Å². The second-order valence-electron chi connectivity index (χ2n) is 7.92. The zero-order valence-electron chi connectivity index (χ0n) is 15.0. The highest BCUT2D eigenvalue weighted by atomic mass is 16.6. The van der Waals surface area contributed by atoms with Crippen LogP contribution in [0.25, 0.3) is 0 Å².